The quantitative estimate of drug-likeness (QED) is 0.804. The summed E-state index contributed by atoms with van der Waals surface area (Å²) in [5.74, 6) is 0.476. The Morgan fingerprint density at radius 2 is 1.76 bits per heavy atom. The molecule has 17 heavy (non-hydrogen) atoms. The van der Waals surface area contributed by atoms with Gasteiger partial charge in [-0.05, 0) is 48.4 Å². The van der Waals surface area contributed by atoms with Gasteiger partial charge in [-0.25, -0.2) is 4.39 Å². The van der Waals surface area contributed by atoms with Crippen molar-refractivity contribution in [2.24, 2.45) is 0 Å². The molecule has 2 N–H and O–H groups in total. The summed E-state index contributed by atoms with van der Waals surface area (Å²) in [6, 6.07) is 10.2. The predicted molar refractivity (Wildman–Crippen MR) is 67.5 cm³/mol. The molecule has 0 bridgehead atoms. The fraction of sp³-hybridized carbons (Fsp3) is 0.143. The van der Waals surface area contributed by atoms with E-state index in [-0.39, 0.29) is 5.82 Å². The first-order valence-corrected chi connectivity index (χ1v) is 5.32. The van der Waals surface area contributed by atoms with E-state index in [1.54, 1.807) is 13.2 Å². The zero-order valence-electron chi connectivity index (χ0n) is 9.83. The number of ether oxygens (including phenoxy) is 1. The van der Waals surface area contributed by atoms with Crippen LogP contribution in [-0.4, -0.2) is 7.11 Å². The van der Waals surface area contributed by atoms with Crippen LogP contribution in [0.3, 0.4) is 0 Å². The zero-order chi connectivity index (χ0) is 12.4. The summed E-state index contributed by atoms with van der Waals surface area (Å²) < 4.78 is 18.1. The highest BCUT2D eigenvalue weighted by atomic mass is 19.1. The molecule has 2 rings (SSSR count). The van der Waals surface area contributed by atoms with E-state index in [1.807, 2.05) is 25.1 Å². The highest BCUT2D eigenvalue weighted by Gasteiger charge is 2.07. The van der Waals surface area contributed by atoms with Gasteiger partial charge in [0.2, 0.25) is 0 Å². The van der Waals surface area contributed by atoms with Gasteiger partial charge in [-0.1, -0.05) is 6.07 Å². The van der Waals surface area contributed by atoms with E-state index in [4.69, 9.17) is 10.5 Å². The SMILES string of the molecule is COc1ccc(-c2ccc(F)cc2N)c(C)c1. The molecule has 0 saturated heterocycles. The number of benzene rings is 2. The van der Waals surface area contributed by atoms with Gasteiger partial charge >= 0.3 is 0 Å². The first-order chi connectivity index (χ1) is 8.11. The Kier molecular flexibility index (Phi) is 3.00. The molecule has 0 amide bonds. The fourth-order valence-electron chi connectivity index (χ4n) is 1.84. The number of hydrogen-bond donors (Lipinski definition) is 1. The number of hydrogen-bond acceptors (Lipinski definition) is 2. The number of aryl methyl sites for hydroxylation is 1. The molecule has 2 nitrogen and oxygen atoms in total. The van der Waals surface area contributed by atoms with Crippen molar-refractivity contribution in [1.29, 1.82) is 0 Å². The molecule has 0 saturated carbocycles. The molecule has 0 fully saturated rings. The minimum Gasteiger partial charge on any atom is -0.497 e. The molecule has 0 heterocycles. The van der Waals surface area contributed by atoms with Crippen LogP contribution in [0.2, 0.25) is 0 Å². The van der Waals surface area contributed by atoms with Gasteiger partial charge in [-0.3, -0.25) is 0 Å². The van der Waals surface area contributed by atoms with Crippen LogP contribution in [0.5, 0.6) is 5.75 Å². The summed E-state index contributed by atoms with van der Waals surface area (Å²) in [5.41, 5.74) is 9.14. The lowest BCUT2D eigenvalue weighted by Gasteiger charge is -2.10. The van der Waals surface area contributed by atoms with Gasteiger partial charge in [0.15, 0.2) is 0 Å². The third kappa shape index (κ3) is 2.23. The number of halogens is 1. The van der Waals surface area contributed by atoms with Crippen LogP contribution < -0.4 is 10.5 Å². The summed E-state index contributed by atoms with van der Waals surface area (Å²) in [6.07, 6.45) is 0. The summed E-state index contributed by atoms with van der Waals surface area (Å²) in [4.78, 5) is 0. The second kappa shape index (κ2) is 4.45. The van der Waals surface area contributed by atoms with Crippen molar-refractivity contribution in [3.63, 3.8) is 0 Å². The standard InChI is InChI=1S/C14H14FNO/c1-9-7-11(17-2)4-6-12(9)13-5-3-10(15)8-14(13)16/h3-8H,16H2,1-2H3. The Morgan fingerprint density at radius 3 is 2.35 bits per heavy atom. The summed E-state index contributed by atoms with van der Waals surface area (Å²) in [7, 11) is 1.63. The number of nitrogen functional groups attached to an aromatic ring is 1. The van der Waals surface area contributed by atoms with Crippen LogP contribution in [0, 0.1) is 12.7 Å². The second-order valence-corrected chi connectivity index (χ2v) is 3.91. The van der Waals surface area contributed by atoms with Gasteiger partial charge in [0.25, 0.3) is 0 Å². The number of nitrogens with two attached hydrogens (primary N) is 1. The minimum atomic E-state index is -0.322. The Bertz CT molecular complexity index is 552. The van der Waals surface area contributed by atoms with Crippen LogP contribution >= 0.6 is 0 Å². The molecule has 2 aromatic carbocycles. The highest BCUT2D eigenvalue weighted by Crippen LogP contribution is 2.31. The van der Waals surface area contributed by atoms with Gasteiger partial charge in [0.05, 0.1) is 7.11 Å². The molecule has 0 radical (unpaired) electrons. The molecule has 0 unspecified atom stereocenters. The van der Waals surface area contributed by atoms with E-state index in [9.17, 15) is 4.39 Å². The predicted octanol–water partition coefficient (Wildman–Crippen LogP) is 3.39. The van der Waals surface area contributed by atoms with Gasteiger partial charge in [0.1, 0.15) is 11.6 Å². The van der Waals surface area contributed by atoms with Gasteiger partial charge in [-0.15, -0.1) is 0 Å². The van der Waals surface area contributed by atoms with Crippen molar-refractivity contribution in [2.75, 3.05) is 12.8 Å². The molecule has 0 aromatic heterocycles. The lowest BCUT2D eigenvalue weighted by molar-refractivity contribution is 0.414. The van der Waals surface area contributed by atoms with Crippen molar-refractivity contribution in [3.8, 4) is 16.9 Å². The van der Waals surface area contributed by atoms with E-state index in [0.29, 0.717) is 5.69 Å². The average molecular weight is 231 g/mol. The van der Waals surface area contributed by atoms with Crippen molar-refractivity contribution >= 4 is 5.69 Å². The highest BCUT2D eigenvalue weighted by molar-refractivity contribution is 5.78. The summed E-state index contributed by atoms with van der Waals surface area (Å²) in [5, 5.41) is 0. The number of rotatable bonds is 2. The summed E-state index contributed by atoms with van der Waals surface area (Å²) in [6.45, 7) is 1.97. The molecule has 0 aliphatic rings. The van der Waals surface area contributed by atoms with Crippen LogP contribution in [0.25, 0.3) is 11.1 Å². The van der Waals surface area contributed by atoms with Crippen molar-refractivity contribution in [2.45, 2.75) is 6.92 Å². The maximum atomic E-state index is 13.0. The summed E-state index contributed by atoms with van der Waals surface area (Å²) >= 11 is 0. The number of anilines is 1. The molecule has 0 aliphatic carbocycles. The molecule has 2 aromatic rings. The third-order valence-corrected chi connectivity index (χ3v) is 2.74. The topological polar surface area (TPSA) is 35.2 Å². The molecule has 0 atom stereocenters. The van der Waals surface area contributed by atoms with Crippen molar-refractivity contribution in [1.82, 2.24) is 0 Å². The maximum absolute atomic E-state index is 13.0. The third-order valence-electron chi connectivity index (χ3n) is 2.74. The maximum Gasteiger partial charge on any atom is 0.125 e. The lowest BCUT2D eigenvalue weighted by atomic mass is 9.99. The monoisotopic (exact) mass is 231 g/mol. The van der Waals surface area contributed by atoms with Gasteiger partial charge in [-0.2, -0.15) is 0 Å². The van der Waals surface area contributed by atoms with E-state index in [1.165, 1.54) is 12.1 Å². The van der Waals surface area contributed by atoms with Crippen molar-refractivity contribution < 1.29 is 9.13 Å². The first kappa shape index (κ1) is 11.5. The second-order valence-electron chi connectivity index (χ2n) is 3.91. The molecule has 3 heteroatoms. The van der Waals surface area contributed by atoms with Gasteiger partial charge < -0.3 is 10.5 Å². The van der Waals surface area contributed by atoms with Crippen LogP contribution in [0.15, 0.2) is 36.4 Å². The van der Waals surface area contributed by atoms with E-state index in [0.717, 1.165) is 22.4 Å². The van der Waals surface area contributed by atoms with E-state index in [2.05, 4.69) is 0 Å². The molecular weight excluding hydrogens is 217 g/mol. The number of methoxy groups -OCH3 is 1. The molecular formula is C14H14FNO. The first-order valence-electron chi connectivity index (χ1n) is 5.32. The molecule has 88 valence electrons. The molecule has 0 aliphatic heterocycles. The van der Waals surface area contributed by atoms with E-state index < -0.39 is 0 Å². The lowest BCUT2D eigenvalue weighted by Crippen LogP contribution is -1.93. The Labute approximate surface area is 99.8 Å². The Balaban J connectivity index is 2.53. The largest absolute Gasteiger partial charge is 0.497 e. The van der Waals surface area contributed by atoms with E-state index >= 15 is 0 Å². The van der Waals surface area contributed by atoms with Crippen LogP contribution in [0.1, 0.15) is 5.56 Å². The van der Waals surface area contributed by atoms with Crippen LogP contribution in [-0.2, 0) is 0 Å². The van der Waals surface area contributed by atoms with Crippen LogP contribution in [0.4, 0.5) is 10.1 Å². The van der Waals surface area contributed by atoms with Gasteiger partial charge in [0, 0.05) is 11.3 Å². The Morgan fingerprint density at radius 1 is 1.06 bits per heavy atom. The zero-order valence-corrected chi connectivity index (χ0v) is 9.83. The smallest absolute Gasteiger partial charge is 0.125 e. The Hall–Kier alpha value is -2.03. The average Bonchev–Trinajstić information content (AvgIpc) is 2.30. The molecule has 0 spiro atoms. The van der Waals surface area contributed by atoms with Crippen molar-refractivity contribution in [3.05, 3.63) is 47.8 Å². The fourth-order valence-corrected chi connectivity index (χ4v) is 1.84. The normalized spacial score (nSPS) is 10.3. The minimum absolute atomic E-state index is 0.322.